The van der Waals surface area contributed by atoms with Crippen LogP contribution < -0.4 is 10.2 Å². The molecular weight excluding hydrogens is 362 g/mol. The lowest BCUT2D eigenvalue weighted by atomic mass is 10.2. The smallest absolute Gasteiger partial charge is 0.341 e. The molecule has 0 radical (unpaired) electrons. The topological polar surface area (TPSA) is 66.5 Å². The van der Waals surface area contributed by atoms with E-state index in [9.17, 15) is 22.0 Å². The minimum Gasteiger partial charge on any atom is -0.362 e. The summed E-state index contributed by atoms with van der Waals surface area (Å²) >= 11 is 0. The van der Waals surface area contributed by atoms with Crippen LogP contribution in [0.1, 0.15) is 12.5 Å². The van der Waals surface area contributed by atoms with Gasteiger partial charge in [-0.05, 0) is 49.7 Å². The molecular formula is C18H20F2N2O3S. The first-order chi connectivity index (χ1) is 12.3. The molecule has 0 fully saturated rings. The van der Waals surface area contributed by atoms with Crippen LogP contribution in [0.2, 0.25) is 0 Å². The van der Waals surface area contributed by atoms with E-state index >= 15 is 0 Å². The molecule has 0 unspecified atom stereocenters. The van der Waals surface area contributed by atoms with E-state index in [-0.39, 0.29) is 12.5 Å². The van der Waals surface area contributed by atoms with Gasteiger partial charge in [-0.2, -0.15) is 8.78 Å². The van der Waals surface area contributed by atoms with E-state index in [1.165, 1.54) is 12.1 Å². The van der Waals surface area contributed by atoms with E-state index in [2.05, 4.69) is 5.32 Å². The Morgan fingerprint density at radius 3 is 2.27 bits per heavy atom. The van der Waals surface area contributed by atoms with Crippen molar-refractivity contribution in [2.45, 2.75) is 24.5 Å². The van der Waals surface area contributed by atoms with Crippen LogP contribution >= 0.6 is 0 Å². The van der Waals surface area contributed by atoms with Gasteiger partial charge < -0.3 is 10.2 Å². The van der Waals surface area contributed by atoms with Crippen LogP contribution in [0.4, 0.5) is 20.2 Å². The SMILES string of the molecule is CCN(CC(=O)Nc1ccc(S(=O)(=O)C(F)F)cc1)c1ccccc1C. The van der Waals surface area contributed by atoms with Crippen LogP contribution in [0.3, 0.4) is 0 Å². The monoisotopic (exact) mass is 382 g/mol. The molecule has 2 aromatic carbocycles. The van der Waals surface area contributed by atoms with Gasteiger partial charge in [-0.15, -0.1) is 0 Å². The second-order valence-electron chi connectivity index (χ2n) is 5.68. The molecule has 140 valence electrons. The van der Waals surface area contributed by atoms with Gasteiger partial charge in [0.2, 0.25) is 15.7 Å². The van der Waals surface area contributed by atoms with Gasteiger partial charge in [0.05, 0.1) is 11.4 Å². The normalized spacial score (nSPS) is 11.4. The molecule has 1 N–H and O–H groups in total. The van der Waals surface area contributed by atoms with Crippen molar-refractivity contribution in [3.8, 4) is 0 Å². The van der Waals surface area contributed by atoms with Crippen molar-refractivity contribution in [3.63, 3.8) is 0 Å². The Kier molecular flexibility index (Phi) is 6.31. The summed E-state index contributed by atoms with van der Waals surface area (Å²) in [5, 5.41) is 2.64. The summed E-state index contributed by atoms with van der Waals surface area (Å²) in [5.74, 6) is -3.77. The molecule has 2 rings (SSSR count). The van der Waals surface area contributed by atoms with Crippen LogP contribution in [0.5, 0.6) is 0 Å². The zero-order chi connectivity index (χ0) is 19.3. The van der Waals surface area contributed by atoms with Crippen molar-refractivity contribution in [2.75, 3.05) is 23.3 Å². The summed E-state index contributed by atoms with van der Waals surface area (Å²) in [6, 6.07) is 12.4. The van der Waals surface area contributed by atoms with Crippen molar-refractivity contribution in [3.05, 3.63) is 54.1 Å². The van der Waals surface area contributed by atoms with E-state index in [0.717, 1.165) is 23.4 Å². The molecule has 0 bridgehead atoms. The van der Waals surface area contributed by atoms with Crippen LogP contribution in [0.25, 0.3) is 0 Å². The number of carbonyl (C=O) groups is 1. The number of anilines is 2. The Labute approximate surface area is 151 Å². The van der Waals surface area contributed by atoms with Crippen molar-refractivity contribution < 1.29 is 22.0 Å². The number of alkyl halides is 2. The van der Waals surface area contributed by atoms with Crippen molar-refractivity contribution in [1.82, 2.24) is 0 Å². The fourth-order valence-electron chi connectivity index (χ4n) is 2.49. The highest BCUT2D eigenvalue weighted by Gasteiger charge is 2.26. The average molecular weight is 382 g/mol. The number of benzene rings is 2. The molecule has 0 aliphatic heterocycles. The molecule has 0 aliphatic rings. The van der Waals surface area contributed by atoms with Crippen molar-refractivity contribution >= 4 is 27.1 Å². The van der Waals surface area contributed by atoms with E-state index in [0.29, 0.717) is 12.2 Å². The van der Waals surface area contributed by atoms with Gasteiger partial charge in [-0.25, -0.2) is 8.42 Å². The molecule has 0 atom stereocenters. The number of aryl methyl sites for hydroxylation is 1. The second kappa shape index (κ2) is 8.27. The summed E-state index contributed by atoms with van der Waals surface area (Å²) < 4.78 is 47.8. The number of rotatable bonds is 7. The number of carbonyl (C=O) groups excluding carboxylic acids is 1. The number of hydrogen-bond acceptors (Lipinski definition) is 4. The van der Waals surface area contributed by atoms with E-state index in [1.807, 2.05) is 43.0 Å². The maximum Gasteiger partial charge on any atom is 0.341 e. The molecule has 26 heavy (non-hydrogen) atoms. The van der Waals surface area contributed by atoms with Crippen LogP contribution in [-0.4, -0.2) is 33.2 Å². The van der Waals surface area contributed by atoms with E-state index < -0.39 is 20.5 Å². The van der Waals surface area contributed by atoms with Crippen LogP contribution in [-0.2, 0) is 14.6 Å². The number of sulfone groups is 1. The van der Waals surface area contributed by atoms with Crippen LogP contribution in [0, 0.1) is 6.92 Å². The Balaban J connectivity index is 2.07. The number of nitrogens with one attached hydrogen (secondary N) is 1. The predicted molar refractivity (Wildman–Crippen MR) is 97.3 cm³/mol. The maximum atomic E-state index is 12.5. The second-order valence-corrected chi connectivity index (χ2v) is 7.60. The van der Waals surface area contributed by atoms with Gasteiger partial charge in [0.15, 0.2) is 0 Å². The fraction of sp³-hybridized carbons (Fsp3) is 0.278. The highest BCUT2D eigenvalue weighted by Crippen LogP contribution is 2.21. The van der Waals surface area contributed by atoms with E-state index in [1.54, 1.807) is 0 Å². The maximum absolute atomic E-state index is 12.5. The molecule has 0 saturated heterocycles. The highest BCUT2D eigenvalue weighted by atomic mass is 32.2. The number of hydrogen-bond donors (Lipinski definition) is 1. The lowest BCUT2D eigenvalue weighted by Gasteiger charge is -2.24. The van der Waals surface area contributed by atoms with Crippen molar-refractivity contribution in [1.29, 1.82) is 0 Å². The first-order valence-electron chi connectivity index (χ1n) is 7.98. The molecule has 8 heteroatoms. The summed E-state index contributed by atoms with van der Waals surface area (Å²) in [5.41, 5.74) is 2.33. The summed E-state index contributed by atoms with van der Waals surface area (Å²) in [7, 11) is -4.64. The largest absolute Gasteiger partial charge is 0.362 e. The lowest BCUT2D eigenvalue weighted by molar-refractivity contribution is -0.115. The standard InChI is InChI=1S/C18H20F2N2O3S/c1-3-22(16-7-5-4-6-13(16)2)12-17(23)21-14-8-10-15(11-9-14)26(24,25)18(19)20/h4-11,18H,3,12H2,1-2H3,(H,21,23). The first-order valence-corrected chi connectivity index (χ1v) is 9.53. The lowest BCUT2D eigenvalue weighted by Crippen LogP contribution is -2.33. The van der Waals surface area contributed by atoms with Crippen molar-refractivity contribution in [2.24, 2.45) is 0 Å². The number of para-hydroxylation sites is 1. The number of amides is 1. The Morgan fingerprint density at radius 2 is 1.73 bits per heavy atom. The van der Waals surface area contributed by atoms with Gasteiger partial charge in [0.25, 0.3) is 0 Å². The Hall–Kier alpha value is -2.48. The molecule has 0 aromatic heterocycles. The Morgan fingerprint density at radius 1 is 1.12 bits per heavy atom. The predicted octanol–water partition coefficient (Wildman–Crippen LogP) is 3.46. The highest BCUT2D eigenvalue weighted by molar-refractivity contribution is 7.91. The van der Waals surface area contributed by atoms with Gasteiger partial charge in [-0.3, -0.25) is 4.79 Å². The van der Waals surface area contributed by atoms with E-state index in [4.69, 9.17) is 0 Å². The fourth-order valence-corrected chi connectivity index (χ4v) is 3.21. The van der Waals surface area contributed by atoms with Gasteiger partial charge >= 0.3 is 5.76 Å². The molecule has 0 aliphatic carbocycles. The molecule has 0 heterocycles. The summed E-state index contributed by atoms with van der Waals surface area (Å²) in [6.45, 7) is 4.63. The third-order valence-electron chi connectivity index (χ3n) is 3.87. The third kappa shape index (κ3) is 4.57. The minimum absolute atomic E-state index is 0.110. The zero-order valence-corrected chi connectivity index (χ0v) is 15.3. The zero-order valence-electron chi connectivity index (χ0n) is 14.4. The summed E-state index contributed by atoms with van der Waals surface area (Å²) in [4.78, 5) is 13.7. The molecule has 5 nitrogen and oxygen atoms in total. The van der Waals surface area contributed by atoms with Gasteiger partial charge in [0.1, 0.15) is 0 Å². The molecule has 2 aromatic rings. The third-order valence-corrected chi connectivity index (χ3v) is 5.27. The van der Waals surface area contributed by atoms with Gasteiger partial charge in [-0.1, -0.05) is 18.2 Å². The summed E-state index contributed by atoms with van der Waals surface area (Å²) in [6.07, 6.45) is 0. The Bertz CT molecular complexity index is 868. The molecule has 1 amide bonds. The molecule has 0 saturated carbocycles. The molecule has 0 spiro atoms. The van der Waals surface area contributed by atoms with Crippen LogP contribution in [0.15, 0.2) is 53.4 Å². The average Bonchev–Trinajstić information content (AvgIpc) is 2.60. The quantitative estimate of drug-likeness (QED) is 0.796. The first kappa shape index (κ1) is 19.8. The number of nitrogens with zero attached hydrogens (tertiary/aromatic N) is 1. The minimum atomic E-state index is -4.64. The number of halogens is 2. The van der Waals surface area contributed by atoms with Gasteiger partial charge in [0, 0.05) is 17.9 Å². The number of likely N-dealkylation sites (N-methyl/N-ethyl adjacent to an activating group) is 1.